The molecule has 2 rings (SSSR count). The molecular weight excluding hydrogens is 190 g/mol. The maximum atomic E-state index is 11.6. The van der Waals surface area contributed by atoms with Crippen LogP contribution in [-0.2, 0) is 11.2 Å². The van der Waals surface area contributed by atoms with E-state index in [-0.39, 0.29) is 5.91 Å². The molecule has 1 aliphatic heterocycles. The molecule has 0 fully saturated rings. The second-order valence-corrected chi connectivity index (χ2v) is 3.80. The molecule has 3 heteroatoms. The van der Waals surface area contributed by atoms with E-state index in [9.17, 15) is 4.79 Å². The summed E-state index contributed by atoms with van der Waals surface area (Å²) in [6.07, 6.45) is 2.50. The molecule has 0 unspecified atom stereocenters. The second-order valence-electron chi connectivity index (χ2n) is 3.80. The van der Waals surface area contributed by atoms with Gasteiger partial charge in [0.15, 0.2) is 0 Å². The van der Waals surface area contributed by atoms with Gasteiger partial charge in [0.2, 0.25) is 5.91 Å². The molecule has 0 saturated heterocycles. The molecule has 0 atom stereocenters. The Morgan fingerprint density at radius 1 is 1.33 bits per heavy atom. The summed E-state index contributed by atoms with van der Waals surface area (Å²) in [6, 6.07) is 5.87. The van der Waals surface area contributed by atoms with Crippen molar-refractivity contribution in [3.63, 3.8) is 0 Å². The second kappa shape index (κ2) is 3.93. The average Bonchev–Trinajstić information content (AvgIpc) is 2.40. The fourth-order valence-electron chi connectivity index (χ4n) is 1.95. The van der Waals surface area contributed by atoms with Crippen molar-refractivity contribution < 1.29 is 9.53 Å². The van der Waals surface area contributed by atoms with Gasteiger partial charge in [-0.1, -0.05) is 0 Å². The van der Waals surface area contributed by atoms with Gasteiger partial charge < -0.3 is 9.64 Å². The highest BCUT2D eigenvalue weighted by Crippen LogP contribution is 2.29. The molecular formula is C12H15NO2. The fourth-order valence-corrected chi connectivity index (χ4v) is 1.95. The number of carbonyl (C=O) groups excluding carboxylic acids is 1. The Kier molecular flexibility index (Phi) is 2.62. The third kappa shape index (κ3) is 1.82. The monoisotopic (exact) mass is 205 g/mol. The number of hydrogen-bond donors (Lipinski definition) is 0. The van der Waals surface area contributed by atoms with E-state index < -0.39 is 0 Å². The van der Waals surface area contributed by atoms with Crippen LogP contribution in [0.4, 0.5) is 5.69 Å². The van der Waals surface area contributed by atoms with Crippen LogP contribution in [0.15, 0.2) is 18.2 Å². The maximum absolute atomic E-state index is 11.6. The van der Waals surface area contributed by atoms with E-state index >= 15 is 0 Å². The molecule has 0 aliphatic carbocycles. The van der Waals surface area contributed by atoms with Crippen LogP contribution in [0.1, 0.15) is 18.4 Å². The lowest BCUT2D eigenvalue weighted by atomic mass is 10.1. The first-order chi connectivity index (χ1) is 7.22. The smallest absolute Gasteiger partial charge is 0.226 e. The molecule has 80 valence electrons. The highest BCUT2D eigenvalue weighted by molar-refractivity contribution is 5.94. The molecule has 0 radical (unpaired) electrons. The standard InChI is InChI=1S/C12H15NO2/c1-13-11-7-6-10(15-2)8-9(11)4-3-5-12(13)14/h6-8H,3-5H2,1-2H3. The van der Waals surface area contributed by atoms with Crippen LogP contribution in [-0.4, -0.2) is 20.1 Å². The van der Waals surface area contributed by atoms with Gasteiger partial charge in [0.25, 0.3) is 0 Å². The Bertz CT molecular complexity index is 387. The molecule has 1 aliphatic rings. The van der Waals surface area contributed by atoms with E-state index in [1.807, 2.05) is 25.2 Å². The number of fused-ring (bicyclic) bond motifs is 1. The van der Waals surface area contributed by atoms with Gasteiger partial charge in [-0.3, -0.25) is 4.79 Å². The van der Waals surface area contributed by atoms with E-state index in [2.05, 4.69) is 0 Å². The quantitative estimate of drug-likeness (QED) is 0.701. The molecule has 0 spiro atoms. The number of carbonyl (C=O) groups is 1. The van der Waals surface area contributed by atoms with Crippen molar-refractivity contribution in [1.82, 2.24) is 0 Å². The van der Waals surface area contributed by atoms with Gasteiger partial charge in [0, 0.05) is 19.2 Å². The van der Waals surface area contributed by atoms with Crippen LogP contribution in [0, 0.1) is 0 Å². The lowest BCUT2D eigenvalue weighted by Crippen LogP contribution is -2.24. The molecule has 1 amide bonds. The molecule has 0 bridgehead atoms. The topological polar surface area (TPSA) is 29.5 Å². The maximum Gasteiger partial charge on any atom is 0.226 e. The zero-order chi connectivity index (χ0) is 10.8. The molecule has 3 nitrogen and oxygen atoms in total. The third-order valence-corrected chi connectivity index (χ3v) is 2.86. The Morgan fingerprint density at radius 2 is 2.13 bits per heavy atom. The summed E-state index contributed by atoms with van der Waals surface area (Å²) in [5.41, 5.74) is 2.21. The highest BCUT2D eigenvalue weighted by Gasteiger charge is 2.18. The SMILES string of the molecule is COc1ccc2c(c1)CCCC(=O)N2C. The van der Waals surface area contributed by atoms with Gasteiger partial charge in [-0.25, -0.2) is 0 Å². The van der Waals surface area contributed by atoms with Gasteiger partial charge in [0.1, 0.15) is 5.75 Å². The van der Waals surface area contributed by atoms with Gasteiger partial charge in [-0.2, -0.15) is 0 Å². The van der Waals surface area contributed by atoms with Crippen molar-refractivity contribution in [3.05, 3.63) is 23.8 Å². The van der Waals surface area contributed by atoms with Crippen LogP contribution >= 0.6 is 0 Å². The first kappa shape index (κ1) is 10.0. The Balaban J connectivity index is 2.43. The third-order valence-electron chi connectivity index (χ3n) is 2.86. The summed E-state index contributed by atoms with van der Waals surface area (Å²) in [4.78, 5) is 13.4. The summed E-state index contributed by atoms with van der Waals surface area (Å²) >= 11 is 0. The number of anilines is 1. The summed E-state index contributed by atoms with van der Waals surface area (Å²) in [5, 5.41) is 0. The number of aryl methyl sites for hydroxylation is 1. The van der Waals surface area contributed by atoms with E-state index in [4.69, 9.17) is 4.74 Å². The van der Waals surface area contributed by atoms with E-state index in [1.165, 1.54) is 5.56 Å². The van der Waals surface area contributed by atoms with Crippen molar-refractivity contribution >= 4 is 11.6 Å². The predicted molar refractivity (Wildman–Crippen MR) is 59.3 cm³/mol. The van der Waals surface area contributed by atoms with Crippen molar-refractivity contribution in [2.75, 3.05) is 19.1 Å². The minimum absolute atomic E-state index is 0.193. The zero-order valence-corrected chi connectivity index (χ0v) is 9.12. The van der Waals surface area contributed by atoms with Crippen molar-refractivity contribution in [2.24, 2.45) is 0 Å². The summed E-state index contributed by atoms with van der Waals surface area (Å²) < 4.78 is 5.18. The van der Waals surface area contributed by atoms with Crippen molar-refractivity contribution in [1.29, 1.82) is 0 Å². The number of ether oxygens (including phenoxy) is 1. The van der Waals surface area contributed by atoms with Crippen LogP contribution < -0.4 is 9.64 Å². The minimum atomic E-state index is 0.193. The van der Waals surface area contributed by atoms with Gasteiger partial charge >= 0.3 is 0 Å². The lowest BCUT2D eigenvalue weighted by molar-refractivity contribution is -0.118. The van der Waals surface area contributed by atoms with E-state index in [1.54, 1.807) is 12.0 Å². The largest absolute Gasteiger partial charge is 0.497 e. The average molecular weight is 205 g/mol. The first-order valence-corrected chi connectivity index (χ1v) is 5.16. The lowest BCUT2D eigenvalue weighted by Gasteiger charge is -2.17. The number of nitrogens with zero attached hydrogens (tertiary/aromatic N) is 1. The minimum Gasteiger partial charge on any atom is -0.497 e. The summed E-state index contributed by atoms with van der Waals surface area (Å²) in [7, 11) is 3.49. The van der Waals surface area contributed by atoms with Gasteiger partial charge in [-0.05, 0) is 36.6 Å². The van der Waals surface area contributed by atoms with Crippen LogP contribution in [0.25, 0.3) is 0 Å². The molecule has 0 saturated carbocycles. The highest BCUT2D eigenvalue weighted by atomic mass is 16.5. The van der Waals surface area contributed by atoms with E-state index in [0.717, 1.165) is 24.3 Å². The molecule has 0 aromatic heterocycles. The number of benzene rings is 1. The molecule has 1 aromatic rings. The number of hydrogen-bond acceptors (Lipinski definition) is 2. The molecule has 15 heavy (non-hydrogen) atoms. The first-order valence-electron chi connectivity index (χ1n) is 5.16. The van der Waals surface area contributed by atoms with E-state index in [0.29, 0.717) is 6.42 Å². The van der Waals surface area contributed by atoms with Crippen LogP contribution in [0.3, 0.4) is 0 Å². The molecule has 1 aromatic carbocycles. The van der Waals surface area contributed by atoms with Gasteiger partial charge in [0.05, 0.1) is 7.11 Å². The molecule has 0 N–H and O–H groups in total. The predicted octanol–water partition coefficient (Wildman–Crippen LogP) is 1.99. The number of amides is 1. The Morgan fingerprint density at radius 3 is 2.87 bits per heavy atom. The fraction of sp³-hybridized carbons (Fsp3) is 0.417. The molecule has 1 heterocycles. The van der Waals surface area contributed by atoms with Gasteiger partial charge in [-0.15, -0.1) is 0 Å². The Hall–Kier alpha value is -1.51. The number of rotatable bonds is 1. The normalized spacial score (nSPS) is 15.9. The van der Waals surface area contributed by atoms with Crippen molar-refractivity contribution in [2.45, 2.75) is 19.3 Å². The summed E-state index contributed by atoms with van der Waals surface area (Å²) in [6.45, 7) is 0. The van der Waals surface area contributed by atoms with Crippen molar-refractivity contribution in [3.8, 4) is 5.75 Å². The van der Waals surface area contributed by atoms with Crippen LogP contribution in [0.2, 0.25) is 0 Å². The zero-order valence-electron chi connectivity index (χ0n) is 9.12. The Labute approximate surface area is 89.7 Å². The number of methoxy groups -OCH3 is 1. The summed E-state index contributed by atoms with van der Waals surface area (Å²) in [5.74, 6) is 1.05. The van der Waals surface area contributed by atoms with Crippen LogP contribution in [0.5, 0.6) is 5.75 Å².